The van der Waals surface area contributed by atoms with Gasteiger partial charge in [-0.25, -0.2) is 0 Å². The molecule has 2 N–H and O–H groups in total. The van der Waals surface area contributed by atoms with Crippen LogP contribution in [0.25, 0.3) is 0 Å². The van der Waals surface area contributed by atoms with Crippen LogP contribution in [0.1, 0.15) is 22.1 Å². The number of carbonyl (C=O) groups excluding carboxylic acids is 1. The first kappa shape index (κ1) is 14.5. The largest absolute Gasteiger partial charge is 0.488 e. The standard InChI is InChI=1S/C17H15ClN2O2/c1-2-9-22-15-8-7-11(10-13(15)18)16-19-14-6-4-3-5-12(14)17(21)20-16/h2-8,10,16,19H,1,9H2,(H,20,21)/t16-/m1/s1. The van der Waals surface area contributed by atoms with Gasteiger partial charge in [-0.3, -0.25) is 4.79 Å². The van der Waals surface area contributed by atoms with Crippen LogP contribution in [0, 0.1) is 0 Å². The van der Waals surface area contributed by atoms with Gasteiger partial charge in [0.05, 0.1) is 10.6 Å². The number of hydrogen-bond acceptors (Lipinski definition) is 3. The average molecular weight is 315 g/mol. The normalized spacial score (nSPS) is 16.2. The monoisotopic (exact) mass is 314 g/mol. The molecule has 4 nitrogen and oxygen atoms in total. The van der Waals surface area contributed by atoms with Gasteiger partial charge in [0, 0.05) is 5.69 Å². The zero-order valence-electron chi connectivity index (χ0n) is 11.8. The number of amides is 1. The van der Waals surface area contributed by atoms with Gasteiger partial charge in [-0.2, -0.15) is 0 Å². The molecule has 0 unspecified atom stereocenters. The van der Waals surface area contributed by atoms with Crippen molar-refractivity contribution in [2.45, 2.75) is 6.17 Å². The van der Waals surface area contributed by atoms with Gasteiger partial charge in [0.15, 0.2) is 0 Å². The Bertz CT molecular complexity index is 730. The van der Waals surface area contributed by atoms with Crippen molar-refractivity contribution in [3.8, 4) is 5.75 Å². The molecule has 0 aliphatic carbocycles. The second-order valence-corrected chi connectivity index (χ2v) is 5.29. The molecular weight excluding hydrogens is 300 g/mol. The zero-order chi connectivity index (χ0) is 15.5. The van der Waals surface area contributed by atoms with Gasteiger partial charge in [-0.15, -0.1) is 0 Å². The second kappa shape index (κ2) is 6.12. The highest BCUT2D eigenvalue weighted by Crippen LogP contribution is 2.31. The molecule has 0 bridgehead atoms. The maximum Gasteiger partial charge on any atom is 0.255 e. The summed E-state index contributed by atoms with van der Waals surface area (Å²) in [6, 6.07) is 12.8. The number of benzene rings is 2. The molecule has 5 heteroatoms. The second-order valence-electron chi connectivity index (χ2n) is 4.89. The Kier molecular flexibility index (Phi) is 4.02. The number of anilines is 1. The lowest BCUT2D eigenvalue weighted by molar-refractivity contribution is 0.0935. The first-order valence-electron chi connectivity index (χ1n) is 6.88. The van der Waals surface area contributed by atoms with E-state index in [2.05, 4.69) is 17.2 Å². The topological polar surface area (TPSA) is 50.4 Å². The number of para-hydroxylation sites is 1. The third kappa shape index (κ3) is 2.78. The molecule has 0 aromatic heterocycles. The first-order chi connectivity index (χ1) is 10.7. The highest BCUT2D eigenvalue weighted by atomic mass is 35.5. The Labute approximate surface area is 133 Å². The third-order valence-corrected chi connectivity index (χ3v) is 3.69. The van der Waals surface area contributed by atoms with E-state index in [9.17, 15) is 4.79 Å². The first-order valence-corrected chi connectivity index (χ1v) is 7.26. The smallest absolute Gasteiger partial charge is 0.255 e. The Morgan fingerprint density at radius 1 is 1.23 bits per heavy atom. The van der Waals surface area contributed by atoms with Crippen molar-refractivity contribution >= 4 is 23.2 Å². The van der Waals surface area contributed by atoms with Crippen molar-refractivity contribution in [1.82, 2.24) is 5.32 Å². The molecular formula is C17H15ClN2O2. The fourth-order valence-corrected chi connectivity index (χ4v) is 2.58. The minimum absolute atomic E-state index is 0.109. The highest BCUT2D eigenvalue weighted by molar-refractivity contribution is 6.32. The van der Waals surface area contributed by atoms with Crippen LogP contribution in [0.2, 0.25) is 5.02 Å². The SMILES string of the molecule is C=CCOc1ccc([C@H]2NC(=O)c3ccccc3N2)cc1Cl. The Hall–Kier alpha value is -2.46. The third-order valence-electron chi connectivity index (χ3n) is 3.39. The number of hydrogen-bond donors (Lipinski definition) is 2. The van der Waals surface area contributed by atoms with Gasteiger partial charge in [0.2, 0.25) is 0 Å². The summed E-state index contributed by atoms with van der Waals surface area (Å²) >= 11 is 6.22. The molecule has 0 saturated carbocycles. The van der Waals surface area contributed by atoms with E-state index in [0.29, 0.717) is 22.9 Å². The molecule has 0 spiro atoms. The van der Waals surface area contributed by atoms with E-state index >= 15 is 0 Å². The van der Waals surface area contributed by atoms with Crippen molar-refractivity contribution in [3.63, 3.8) is 0 Å². The Morgan fingerprint density at radius 2 is 2.05 bits per heavy atom. The van der Waals surface area contributed by atoms with E-state index in [-0.39, 0.29) is 12.1 Å². The average Bonchev–Trinajstić information content (AvgIpc) is 2.53. The fourth-order valence-electron chi connectivity index (χ4n) is 2.34. The van der Waals surface area contributed by atoms with Crippen molar-refractivity contribution in [2.24, 2.45) is 0 Å². The summed E-state index contributed by atoms with van der Waals surface area (Å²) in [6.07, 6.45) is 1.33. The Balaban J connectivity index is 1.85. The summed E-state index contributed by atoms with van der Waals surface area (Å²) in [4.78, 5) is 12.1. The van der Waals surface area contributed by atoms with Crippen LogP contribution in [0.15, 0.2) is 55.1 Å². The van der Waals surface area contributed by atoms with Crippen molar-refractivity contribution < 1.29 is 9.53 Å². The predicted molar refractivity (Wildman–Crippen MR) is 87.4 cm³/mol. The van der Waals surface area contributed by atoms with E-state index in [1.54, 1.807) is 24.3 Å². The number of halogens is 1. The number of carbonyl (C=O) groups is 1. The van der Waals surface area contributed by atoms with Crippen LogP contribution in [0.5, 0.6) is 5.75 Å². The number of ether oxygens (including phenoxy) is 1. The van der Waals surface area contributed by atoms with Crippen molar-refractivity contribution in [2.75, 3.05) is 11.9 Å². The molecule has 0 radical (unpaired) electrons. The van der Waals surface area contributed by atoms with E-state index in [1.165, 1.54) is 0 Å². The van der Waals surface area contributed by atoms with Gasteiger partial charge in [-0.05, 0) is 29.8 Å². The summed E-state index contributed by atoms with van der Waals surface area (Å²) in [5.41, 5.74) is 2.30. The molecule has 0 saturated heterocycles. The summed E-state index contributed by atoms with van der Waals surface area (Å²) in [6.45, 7) is 3.99. The summed E-state index contributed by atoms with van der Waals surface area (Å²) < 4.78 is 5.45. The summed E-state index contributed by atoms with van der Waals surface area (Å²) in [5.74, 6) is 0.482. The molecule has 0 fully saturated rings. The van der Waals surface area contributed by atoms with E-state index < -0.39 is 0 Å². The van der Waals surface area contributed by atoms with Gasteiger partial charge in [0.1, 0.15) is 18.5 Å². The Morgan fingerprint density at radius 3 is 2.82 bits per heavy atom. The zero-order valence-corrected chi connectivity index (χ0v) is 12.6. The molecule has 1 aliphatic rings. The molecule has 1 amide bonds. The lowest BCUT2D eigenvalue weighted by Crippen LogP contribution is -2.38. The van der Waals surface area contributed by atoms with Crippen LogP contribution in [0.4, 0.5) is 5.69 Å². The summed E-state index contributed by atoms with van der Waals surface area (Å²) in [7, 11) is 0. The molecule has 1 atom stereocenters. The van der Waals surface area contributed by atoms with Crippen molar-refractivity contribution in [3.05, 3.63) is 71.3 Å². The molecule has 2 aromatic rings. The molecule has 3 rings (SSSR count). The lowest BCUT2D eigenvalue weighted by atomic mass is 10.1. The van der Waals surface area contributed by atoms with Gasteiger partial charge < -0.3 is 15.4 Å². The molecule has 2 aromatic carbocycles. The van der Waals surface area contributed by atoms with Crippen LogP contribution in [-0.2, 0) is 0 Å². The van der Waals surface area contributed by atoms with E-state index in [4.69, 9.17) is 16.3 Å². The maximum atomic E-state index is 12.1. The van der Waals surface area contributed by atoms with E-state index in [0.717, 1.165) is 11.3 Å². The molecule has 1 aliphatic heterocycles. The summed E-state index contributed by atoms with van der Waals surface area (Å²) in [5, 5.41) is 6.69. The maximum absolute atomic E-state index is 12.1. The molecule has 112 valence electrons. The van der Waals surface area contributed by atoms with Gasteiger partial charge in [-0.1, -0.05) is 42.5 Å². The van der Waals surface area contributed by atoms with Crippen molar-refractivity contribution in [1.29, 1.82) is 0 Å². The minimum atomic E-state index is -0.326. The fraction of sp³-hybridized carbons (Fsp3) is 0.118. The number of nitrogens with one attached hydrogen (secondary N) is 2. The van der Waals surface area contributed by atoms with Crippen LogP contribution < -0.4 is 15.4 Å². The quantitative estimate of drug-likeness (QED) is 0.845. The number of fused-ring (bicyclic) bond motifs is 1. The highest BCUT2D eigenvalue weighted by Gasteiger charge is 2.24. The van der Waals surface area contributed by atoms with Gasteiger partial charge in [0.25, 0.3) is 5.91 Å². The molecule has 22 heavy (non-hydrogen) atoms. The predicted octanol–water partition coefficient (Wildman–Crippen LogP) is 3.76. The van der Waals surface area contributed by atoms with Crippen LogP contribution in [-0.4, -0.2) is 12.5 Å². The number of rotatable bonds is 4. The van der Waals surface area contributed by atoms with Crippen LogP contribution >= 0.6 is 11.6 Å². The molecule has 1 heterocycles. The van der Waals surface area contributed by atoms with Gasteiger partial charge >= 0.3 is 0 Å². The minimum Gasteiger partial charge on any atom is -0.488 e. The van der Waals surface area contributed by atoms with E-state index in [1.807, 2.05) is 24.3 Å². The lowest BCUT2D eigenvalue weighted by Gasteiger charge is -2.28. The van der Waals surface area contributed by atoms with Crippen LogP contribution in [0.3, 0.4) is 0 Å².